The van der Waals surface area contributed by atoms with Crippen LogP contribution in [0.4, 0.5) is 0 Å². The molecule has 1 rings (SSSR count). The molecule has 0 aromatic carbocycles. The first-order valence-electron chi connectivity index (χ1n) is 6.18. The smallest absolute Gasteiger partial charge is 0.0538 e. The quantitative estimate of drug-likeness (QED) is 0.429. The Morgan fingerprint density at radius 2 is 1.85 bits per heavy atom. The van der Waals surface area contributed by atoms with Gasteiger partial charge in [-0.2, -0.15) is 0 Å². The van der Waals surface area contributed by atoms with E-state index in [4.69, 9.17) is 0 Å². The fourth-order valence-corrected chi connectivity index (χ4v) is 8.05. The molecule has 0 amide bonds. The lowest BCUT2D eigenvalue weighted by molar-refractivity contribution is 0.669. The van der Waals surface area contributed by atoms with Gasteiger partial charge in [0.2, 0.25) is 0 Å². The minimum absolute atomic E-state index is 0.643. The zero-order valence-electron chi connectivity index (χ0n) is 9.73. The van der Waals surface area contributed by atoms with Crippen molar-refractivity contribution in [2.24, 2.45) is 5.92 Å². The van der Waals surface area contributed by atoms with Gasteiger partial charge in [0.1, 0.15) is 0 Å². The van der Waals surface area contributed by atoms with Crippen molar-refractivity contribution in [2.45, 2.75) is 70.6 Å². The average Bonchev–Trinajstić information content (AvgIpc) is 1.99. The molecule has 1 heterocycles. The van der Waals surface area contributed by atoms with Crippen LogP contribution in [-0.4, -0.2) is 8.07 Å². The minimum Gasteiger partial charge on any atom is -0.0654 e. The average molecular weight is 198 g/mol. The second-order valence-electron chi connectivity index (χ2n) is 5.41. The van der Waals surface area contributed by atoms with E-state index in [-0.39, 0.29) is 0 Å². The molecule has 1 saturated heterocycles. The summed E-state index contributed by atoms with van der Waals surface area (Å²) in [6.07, 6.45) is 5.97. The summed E-state index contributed by atoms with van der Waals surface area (Å²) in [5.41, 5.74) is 0. The molecular formula is C12H26Si. The largest absolute Gasteiger partial charge is 0.0654 e. The maximum Gasteiger partial charge on any atom is 0.0538 e. The molecule has 13 heavy (non-hydrogen) atoms. The molecule has 0 radical (unpaired) electrons. The summed E-state index contributed by atoms with van der Waals surface area (Å²) in [6, 6.07) is 6.60. The molecule has 0 unspecified atom stereocenters. The van der Waals surface area contributed by atoms with E-state index in [0.29, 0.717) is 0 Å². The Balaban J connectivity index is 2.23. The summed E-state index contributed by atoms with van der Waals surface area (Å²) in [7, 11) is -0.643. The van der Waals surface area contributed by atoms with Crippen LogP contribution in [0.2, 0.25) is 24.2 Å². The van der Waals surface area contributed by atoms with Crippen molar-refractivity contribution in [3.05, 3.63) is 0 Å². The van der Waals surface area contributed by atoms with E-state index in [1.807, 2.05) is 0 Å². The van der Waals surface area contributed by atoms with Gasteiger partial charge in [0.25, 0.3) is 0 Å². The maximum absolute atomic E-state index is 2.41. The SMILES string of the molecule is CCCCC[Si]1(CC(C)C)CCC1. The fraction of sp³-hybridized carbons (Fsp3) is 1.00. The molecule has 78 valence electrons. The molecule has 0 saturated carbocycles. The predicted molar refractivity (Wildman–Crippen MR) is 64.0 cm³/mol. The number of rotatable bonds is 6. The van der Waals surface area contributed by atoms with Gasteiger partial charge >= 0.3 is 0 Å². The Kier molecular flexibility index (Phi) is 4.50. The molecule has 0 nitrogen and oxygen atoms in total. The van der Waals surface area contributed by atoms with Crippen LogP contribution in [-0.2, 0) is 0 Å². The number of hydrogen-bond donors (Lipinski definition) is 0. The molecule has 0 aromatic rings. The third kappa shape index (κ3) is 3.45. The summed E-state index contributed by atoms with van der Waals surface area (Å²) in [6.45, 7) is 7.14. The monoisotopic (exact) mass is 198 g/mol. The third-order valence-corrected chi connectivity index (χ3v) is 9.49. The lowest BCUT2D eigenvalue weighted by atomic mass is 10.3. The van der Waals surface area contributed by atoms with Gasteiger partial charge in [0.15, 0.2) is 0 Å². The Morgan fingerprint density at radius 1 is 1.15 bits per heavy atom. The molecule has 0 N–H and O–H groups in total. The van der Waals surface area contributed by atoms with Gasteiger partial charge in [0, 0.05) is 0 Å². The van der Waals surface area contributed by atoms with Crippen LogP contribution in [0.5, 0.6) is 0 Å². The molecular weight excluding hydrogens is 172 g/mol. The van der Waals surface area contributed by atoms with Crippen LogP contribution < -0.4 is 0 Å². The highest BCUT2D eigenvalue weighted by atomic mass is 28.3. The van der Waals surface area contributed by atoms with Gasteiger partial charge in [-0.25, -0.2) is 0 Å². The van der Waals surface area contributed by atoms with Crippen molar-refractivity contribution in [2.75, 3.05) is 0 Å². The Bertz CT molecular complexity index is 136. The highest BCUT2D eigenvalue weighted by molar-refractivity contribution is 6.82. The zero-order chi connectivity index (χ0) is 9.73. The highest BCUT2D eigenvalue weighted by Gasteiger charge is 2.38. The second-order valence-corrected chi connectivity index (χ2v) is 10.3. The molecule has 1 heteroatoms. The molecule has 0 bridgehead atoms. The van der Waals surface area contributed by atoms with Crippen molar-refractivity contribution in [3.8, 4) is 0 Å². The predicted octanol–water partition coefficient (Wildman–Crippen LogP) is 4.69. The van der Waals surface area contributed by atoms with E-state index >= 15 is 0 Å². The molecule has 0 atom stereocenters. The standard InChI is InChI=1S/C12H26Si/c1-4-5-6-8-13(9-7-10-13)11-12(2)3/h12H,4-11H2,1-3H3. The molecule has 0 spiro atoms. The molecule has 0 aromatic heterocycles. The lowest BCUT2D eigenvalue weighted by Gasteiger charge is -2.41. The molecule has 1 fully saturated rings. The summed E-state index contributed by atoms with van der Waals surface area (Å²) >= 11 is 0. The zero-order valence-corrected chi connectivity index (χ0v) is 10.7. The third-order valence-electron chi connectivity index (χ3n) is 3.57. The van der Waals surface area contributed by atoms with E-state index in [2.05, 4.69) is 20.8 Å². The normalized spacial score (nSPS) is 20.3. The van der Waals surface area contributed by atoms with Crippen LogP contribution in [0, 0.1) is 5.92 Å². The second kappa shape index (κ2) is 5.19. The first-order valence-corrected chi connectivity index (χ1v) is 9.01. The lowest BCUT2D eigenvalue weighted by Crippen LogP contribution is -2.42. The van der Waals surface area contributed by atoms with Gasteiger partial charge in [-0.1, -0.05) is 70.6 Å². The van der Waals surface area contributed by atoms with Crippen LogP contribution in [0.15, 0.2) is 0 Å². The van der Waals surface area contributed by atoms with Crippen molar-refractivity contribution in [1.82, 2.24) is 0 Å². The van der Waals surface area contributed by atoms with Gasteiger partial charge in [0.05, 0.1) is 8.07 Å². The van der Waals surface area contributed by atoms with Crippen LogP contribution in [0.3, 0.4) is 0 Å². The molecule has 1 aliphatic heterocycles. The van der Waals surface area contributed by atoms with E-state index < -0.39 is 8.07 Å². The Labute approximate surface area is 85.1 Å². The van der Waals surface area contributed by atoms with E-state index in [1.54, 1.807) is 30.6 Å². The summed E-state index contributed by atoms with van der Waals surface area (Å²) < 4.78 is 0. The van der Waals surface area contributed by atoms with Crippen molar-refractivity contribution in [1.29, 1.82) is 0 Å². The van der Waals surface area contributed by atoms with Crippen molar-refractivity contribution < 1.29 is 0 Å². The van der Waals surface area contributed by atoms with Gasteiger partial charge < -0.3 is 0 Å². The van der Waals surface area contributed by atoms with Crippen LogP contribution >= 0.6 is 0 Å². The Morgan fingerprint density at radius 3 is 2.23 bits per heavy atom. The van der Waals surface area contributed by atoms with Gasteiger partial charge in [-0.3, -0.25) is 0 Å². The summed E-state index contributed by atoms with van der Waals surface area (Å²) in [4.78, 5) is 0. The van der Waals surface area contributed by atoms with Crippen molar-refractivity contribution in [3.63, 3.8) is 0 Å². The van der Waals surface area contributed by atoms with E-state index in [1.165, 1.54) is 19.3 Å². The molecule has 0 aliphatic carbocycles. The van der Waals surface area contributed by atoms with E-state index in [9.17, 15) is 0 Å². The topological polar surface area (TPSA) is 0 Å². The number of unbranched alkanes of at least 4 members (excludes halogenated alkanes) is 2. The Hall–Kier alpha value is 0.217. The van der Waals surface area contributed by atoms with Crippen molar-refractivity contribution >= 4 is 8.07 Å². The fourth-order valence-electron chi connectivity index (χ4n) is 2.85. The molecule has 1 aliphatic rings. The number of hydrogen-bond acceptors (Lipinski definition) is 0. The van der Waals surface area contributed by atoms with Gasteiger partial charge in [-0.05, 0) is 5.92 Å². The minimum atomic E-state index is -0.643. The first kappa shape index (κ1) is 11.3. The van der Waals surface area contributed by atoms with Crippen LogP contribution in [0.25, 0.3) is 0 Å². The highest BCUT2D eigenvalue weighted by Crippen LogP contribution is 2.42. The van der Waals surface area contributed by atoms with E-state index in [0.717, 1.165) is 5.92 Å². The van der Waals surface area contributed by atoms with Gasteiger partial charge in [-0.15, -0.1) is 0 Å². The summed E-state index contributed by atoms with van der Waals surface area (Å²) in [5, 5.41) is 0. The van der Waals surface area contributed by atoms with Crippen LogP contribution in [0.1, 0.15) is 46.5 Å². The summed E-state index contributed by atoms with van der Waals surface area (Å²) in [5.74, 6) is 0.966. The first-order chi connectivity index (χ1) is 6.18. The maximum atomic E-state index is 2.41.